The van der Waals surface area contributed by atoms with Crippen molar-refractivity contribution in [2.45, 2.75) is 32.2 Å². The van der Waals surface area contributed by atoms with Gasteiger partial charge in [-0.05, 0) is 31.9 Å². The molecule has 1 aliphatic heterocycles. The van der Waals surface area contributed by atoms with E-state index in [4.69, 9.17) is 4.74 Å². The Labute approximate surface area is 148 Å². The van der Waals surface area contributed by atoms with Crippen LogP contribution in [0.1, 0.15) is 36.9 Å². The van der Waals surface area contributed by atoms with Crippen LogP contribution in [0.2, 0.25) is 0 Å². The molecule has 0 atom stereocenters. The van der Waals surface area contributed by atoms with Crippen molar-refractivity contribution in [3.8, 4) is 5.88 Å². The number of ether oxygens (including phenoxy) is 1. The molecule has 2 aromatic rings. The van der Waals surface area contributed by atoms with Gasteiger partial charge in [-0.2, -0.15) is 5.10 Å². The summed E-state index contributed by atoms with van der Waals surface area (Å²) in [4.78, 5) is 18.5. The van der Waals surface area contributed by atoms with Crippen LogP contribution in [0.15, 0.2) is 30.6 Å². The van der Waals surface area contributed by atoms with Crippen LogP contribution in [0, 0.1) is 0 Å². The third-order valence-electron chi connectivity index (χ3n) is 4.62. The van der Waals surface area contributed by atoms with E-state index < -0.39 is 0 Å². The summed E-state index contributed by atoms with van der Waals surface area (Å²) in [6, 6.07) is 5.81. The zero-order chi connectivity index (χ0) is 17.6. The number of nitrogens with zero attached hydrogens (tertiary/aromatic N) is 4. The van der Waals surface area contributed by atoms with E-state index in [2.05, 4.69) is 21.5 Å². The molecule has 0 bridgehead atoms. The summed E-state index contributed by atoms with van der Waals surface area (Å²) in [6.07, 6.45) is 5.45. The summed E-state index contributed by atoms with van der Waals surface area (Å²) in [5.41, 5.74) is 2.14. The van der Waals surface area contributed by atoms with Crippen molar-refractivity contribution in [1.82, 2.24) is 25.0 Å². The van der Waals surface area contributed by atoms with Gasteiger partial charge >= 0.3 is 6.03 Å². The van der Waals surface area contributed by atoms with Crippen molar-refractivity contribution < 1.29 is 9.53 Å². The number of rotatable bonds is 5. The maximum absolute atomic E-state index is 12.4. The Morgan fingerprint density at radius 3 is 2.80 bits per heavy atom. The van der Waals surface area contributed by atoms with E-state index in [0.717, 1.165) is 31.5 Å². The number of likely N-dealkylation sites (tertiary alicyclic amines) is 1. The van der Waals surface area contributed by atoms with Crippen molar-refractivity contribution in [2.24, 2.45) is 7.05 Å². The number of piperidine rings is 1. The van der Waals surface area contributed by atoms with Crippen molar-refractivity contribution in [2.75, 3.05) is 19.7 Å². The molecule has 1 aliphatic rings. The van der Waals surface area contributed by atoms with Gasteiger partial charge in [0.15, 0.2) is 0 Å². The van der Waals surface area contributed by atoms with E-state index in [-0.39, 0.29) is 6.03 Å². The zero-order valence-electron chi connectivity index (χ0n) is 14.8. The second-order valence-corrected chi connectivity index (χ2v) is 6.20. The Morgan fingerprint density at radius 1 is 1.32 bits per heavy atom. The predicted octanol–water partition coefficient (Wildman–Crippen LogP) is 2.30. The summed E-state index contributed by atoms with van der Waals surface area (Å²) in [6.45, 7) is 4.41. The van der Waals surface area contributed by atoms with Crippen LogP contribution >= 0.6 is 0 Å². The molecule has 0 spiro atoms. The van der Waals surface area contributed by atoms with Gasteiger partial charge in [0.1, 0.15) is 0 Å². The van der Waals surface area contributed by atoms with Gasteiger partial charge in [0.25, 0.3) is 0 Å². The summed E-state index contributed by atoms with van der Waals surface area (Å²) in [5, 5.41) is 7.22. The van der Waals surface area contributed by atoms with Gasteiger partial charge in [0.2, 0.25) is 5.88 Å². The second kappa shape index (κ2) is 8.00. The maximum atomic E-state index is 12.4. The Balaban J connectivity index is 1.51. The number of carbonyl (C=O) groups is 1. The van der Waals surface area contributed by atoms with Crippen LogP contribution < -0.4 is 10.1 Å². The molecule has 7 nitrogen and oxygen atoms in total. The van der Waals surface area contributed by atoms with Crippen molar-refractivity contribution >= 4 is 6.03 Å². The number of carbonyl (C=O) groups excluding carboxylic acids is 1. The van der Waals surface area contributed by atoms with Gasteiger partial charge in [-0.1, -0.05) is 6.07 Å². The van der Waals surface area contributed by atoms with Crippen LogP contribution in [0.5, 0.6) is 5.88 Å². The monoisotopic (exact) mass is 343 g/mol. The fourth-order valence-corrected chi connectivity index (χ4v) is 3.27. The second-order valence-electron chi connectivity index (χ2n) is 6.20. The van der Waals surface area contributed by atoms with E-state index in [1.54, 1.807) is 6.20 Å². The number of hydrogen-bond acceptors (Lipinski definition) is 4. The minimum Gasteiger partial charge on any atom is -0.478 e. The Bertz CT molecular complexity index is 707. The largest absolute Gasteiger partial charge is 0.478 e. The molecule has 0 radical (unpaired) electrons. The minimum atomic E-state index is -0.0326. The molecule has 0 aromatic carbocycles. The third kappa shape index (κ3) is 4.10. The van der Waals surface area contributed by atoms with E-state index in [1.807, 2.05) is 41.9 Å². The first-order chi connectivity index (χ1) is 12.2. The van der Waals surface area contributed by atoms with Gasteiger partial charge in [0, 0.05) is 56.3 Å². The molecule has 7 heteroatoms. The molecule has 0 aliphatic carbocycles. The SMILES string of the molecule is CCOc1ncccc1CNC(=O)N1CCC(c2ccnn2C)CC1. The van der Waals surface area contributed by atoms with Crippen molar-refractivity contribution in [3.05, 3.63) is 41.9 Å². The van der Waals surface area contributed by atoms with Gasteiger partial charge in [-0.25, -0.2) is 9.78 Å². The summed E-state index contributed by atoms with van der Waals surface area (Å²) in [5.74, 6) is 1.06. The number of hydrogen-bond donors (Lipinski definition) is 1. The average molecular weight is 343 g/mol. The lowest BCUT2D eigenvalue weighted by Crippen LogP contribution is -2.44. The highest BCUT2D eigenvalue weighted by Gasteiger charge is 2.25. The van der Waals surface area contributed by atoms with E-state index in [9.17, 15) is 4.79 Å². The highest BCUT2D eigenvalue weighted by atomic mass is 16.5. The lowest BCUT2D eigenvalue weighted by atomic mass is 9.93. The van der Waals surface area contributed by atoms with Gasteiger partial charge in [-0.15, -0.1) is 0 Å². The molecule has 3 heterocycles. The minimum absolute atomic E-state index is 0.0326. The molecule has 3 rings (SSSR count). The highest BCUT2D eigenvalue weighted by molar-refractivity contribution is 5.74. The highest BCUT2D eigenvalue weighted by Crippen LogP contribution is 2.27. The first kappa shape index (κ1) is 17.3. The third-order valence-corrected chi connectivity index (χ3v) is 4.62. The number of aryl methyl sites for hydroxylation is 1. The molecule has 134 valence electrons. The van der Waals surface area contributed by atoms with E-state index in [1.165, 1.54) is 5.69 Å². The van der Waals surface area contributed by atoms with Crippen molar-refractivity contribution in [3.63, 3.8) is 0 Å². The normalized spacial score (nSPS) is 15.2. The summed E-state index contributed by atoms with van der Waals surface area (Å²) in [7, 11) is 1.97. The molecule has 0 saturated carbocycles. The maximum Gasteiger partial charge on any atom is 0.317 e. The molecule has 1 fully saturated rings. The molecular weight excluding hydrogens is 318 g/mol. The topological polar surface area (TPSA) is 72.3 Å². The lowest BCUT2D eigenvalue weighted by Gasteiger charge is -2.32. The van der Waals surface area contributed by atoms with Gasteiger partial charge in [0.05, 0.1) is 6.61 Å². The standard InChI is InChI=1S/C18H25N5O2/c1-3-25-17-15(5-4-9-19-17)13-20-18(24)23-11-7-14(8-12-23)16-6-10-21-22(16)2/h4-6,9-10,14H,3,7-8,11-13H2,1-2H3,(H,20,24). The number of amides is 2. The molecule has 25 heavy (non-hydrogen) atoms. The number of urea groups is 1. The van der Waals surface area contributed by atoms with E-state index >= 15 is 0 Å². The Morgan fingerprint density at radius 2 is 2.12 bits per heavy atom. The number of aromatic nitrogens is 3. The predicted molar refractivity (Wildman–Crippen MR) is 94.4 cm³/mol. The molecule has 2 amide bonds. The zero-order valence-corrected chi connectivity index (χ0v) is 14.8. The summed E-state index contributed by atoms with van der Waals surface area (Å²) < 4.78 is 7.43. The van der Waals surface area contributed by atoms with Crippen LogP contribution in [0.25, 0.3) is 0 Å². The fraction of sp³-hybridized carbons (Fsp3) is 0.500. The molecule has 2 aromatic heterocycles. The van der Waals surface area contributed by atoms with E-state index in [0.29, 0.717) is 24.9 Å². The molecular formula is C18H25N5O2. The fourth-order valence-electron chi connectivity index (χ4n) is 3.27. The first-order valence-electron chi connectivity index (χ1n) is 8.76. The molecule has 1 saturated heterocycles. The lowest BCUT2D eigenvalue weighted by molar-refractivity contribution is 0.180. The molecule has 1 N–H and O–H groups in total. The van der Waals surface area contributed by atoms with Crippen LogP contribution in [0.3, 0.4) is 0 Å². The van der Waals surface area contributed by atoms with Gasteiger partial charge < -0.3 is 15.0 Å². The Kier molecular flexibility index (Phi) is 5.53. The summed E-state index contributed by atoms with van der Waals surface area (Å²) >= 11 is 0. The smallest absolute Gasteiger partial charge is 0.317 e. The van der Waals surface area contributed by atoms with Crippen LogP contribution in [-0.2, 0) is 13.6 Å². The Hall–Kier alpha value is -2.57. The number of pyridine rings is 1. The van der Waals surface area contributed by atoms with Crippen LogP contribution in [-0.4, -0.2) is 45.4 Å². The number of nitrogens with one attached hydrogen (secondary N) is 1. The first-order valence-corrected chi connectivity index (χ1v) is 8.76. The van der Waals surface area contributed by atoms with Crippen molar-refractivity contribution in [1.29, 1.82) is 0 Å². The average Bonchev–Trinajstić information content (AvgIpc) is 3.07. The van der Waals surface area contributed by atoms with Crippen LogP contribution in [0.4, 0.5) is 4.79 Å². The van der Waals surface area contributed by atoms with Gasteiger partial charge in [-0.3, -0.25) is 4.68 Å². The molecule has 0 unspecified atom stereocenters. The quantitative estimate of drug-likeness (QED) is 0.904.